The highest BCUT2D eigenvalue weighted by Crippen LogP contribution is 2.33. The third-order valence-corrected chi connectivity index (χ3v) is 4.91. The Kier molecular flexibility index (Phi) is 3.81. The highest BCUT2D eigenvalue weighted by Gasteiger charge is 2.28. The van der Waals surface area contributed by atoms with Gasteiger partial charge in [-0.15, -0.1) is 0 Å². The molecular weight excluding hydrogens is 290 g/mol. The topological polar surface area (TPSA) is 72.7 Å². The van der Waals surface area contributed by atoms with E-state index in [9.17, 15) is 4.79 Å². The minimum Gasteiger partial charge on any atom is -0.342 e. The van der Waals surface area contributed by atoms with Crippen molar-refractivity contribution < 1.29 is 4.79 Å². The summed E-state index contributed by atoms with van der Waals surface area (Å²) in [5, 5.41) is 7.90. The summed E-state index contributed by atoms with van der Waals surface area (Å²) < 4.78 is 2.14. The summed E-state index contributed by atoms with van der Waals surface area (Å²) in [6, 6.07) is 0.521. The predicted octanol–water partition coefficient (Wildman–Crippen LogP) is 2.60. The van der Waals surface area contributed by atoms with Gasteiger partial charge in [-0.25, -0.2) is 4.98 Å². The van der Waals surface area contributed by atoms with Crippen molar-refractivity contribution in [2.75, 3.05) is 0 Å². The highest BCUT2D eigenvalue weighted by atomic mass is 16.1. The van der Waals surface area contributed by atoms with Crippen LogP contribution < -0.4 is 5.32 Å². The van der Waals surface area contributed by atoms with Crippen LogP contribution in [0.15, 0.2) is 24.8 Å². The van der Waals surface area contributed by atoms with Crippen LogP contribution in [0, 0.1) is 0 Å². The van der Waals surface area contributed by atoms with Gasteiger partial charge in [0, 0.05) is 18.6 Å². The van der Waals surface area contributed by atoms with Gasteiger partial charge in [-0.2, -0.15) is 5.10 Å². The first-order chi connectivity index (χ1) is 11.3. The standard InChI is InChI=1S/C17H21N5O/c23-17(15-10-18-8-9-19-15)20-14-7-3-4-12-11-22(21-16(12)14)13-5-1-2-6-13/h8-11,13-14H,1-7H2,(H,20,23). The van der Waals surface area contributed by atoms with Gasteiger partial charge in [0.15, 0.2) is 0 Å². The van der Waals surface area contributed by atoms with Crippen LogP contribution in [-0.2, 0) is 6.42 Å². The molecule has 120 valence electrons. The van der Waals surface area contributed by atoms with Crippen LogP contribution in [0.5, 0.6) is 0 Å². The molecule has 1 N–H and O–H groups in total. The summed E-state index contributed by atoms with van der Waals surface area (Å²) in [4.78, 5) is 20.4. The molecule has 0 bridgehead atoms. The Bertz CT molecular complexity index is 690. The van der Waals surface area contributed by atoms with E-state index < -0.39 is 0 Å². The van der Waals surface area contributed by atoms with Crippen molar-refractivity contribution in [3.63, 3.8) is 0 Å². The number of aromatic nitrogens is 4. The Hall–Kier alpha value is -2.24. The zero-order chi connectivity index (χ0) is 15.6. The first-order valence-electron chi connectivity index (χ1n) is 8.46. The molecule has 4 rings (SSSR count). The van der Waals surface area contributed by atoms with Crippen LogP contribution >= 0.6 is 0 Å². The number of rotatable bonds is 3. The van der Waals surface area contributed by atoms with Gasteiger partial charge in [-0.3, -0.25) is 14.5 Å². The number of carbonyl (C=O) groups is 1. The Balaban J connectivity index is 1.54. The quantitative estimate of drug-likeness (QED) is 0.945. The van der Waals surface area contributed by atoms with Gasteiger partial charge in [0.2, 0.25) is 0 Å². The minimum absolute atomic E-state index is 0.0177. The number of fused-ring (bicyclic) bond motifs is 1. The SMILES string of the molecule is O=C(NC1CCCc2cn(C3CCCC3)nc21)c1cnccn1. The summed E-state index contributed by atoms with van der Waals surface area (Å²) in [6.07, 6.45) is 14.9. The number of nitrogens with one attached hydrogen (secondary N) is 1. The molecule has 0 spiro atoms. The van der Waals surface area contributed by atoms with E-state index >= 15 is 0 Å². The average Bonchev–Trinajstić information content (AvgIpc) is 3.25. The molecule has 2 heterocycles. The van der Waals surface area contributed by atoms with Gasteiger partial charge in [0.1, 0.15) is 5.69 Å². The molecule has 2 aromatic rings. The summed E-state index contributed by atoms with van der Waals surface area (Å²) in [7, 11) is 0. The largest absolute Gasteiger partial charge is 0.342 e. The maximum atomic E-state index is 12.3. The first kappa shape index (κ1) is 14.4. The number of nitrogens with zero attached hydrogens (tertiary/aromatic N) is 4. The first-order valence-corrected chi connectivity index (χ1v) is 8.46. The monoisotopic (exact) mass is 311 g/mol. The Labute approximate surface area is 135 Å². The minimum atomic E-state index is -0.175. The Morgan fingerprint density at radius 2 is 2.04 bits per heavy atom. The van der Waals surface area contributed by atoms with Gasteiger partial charge in [-0.05, 0) is 37.7 Å². The second kappa shape index (κ2) is 6.10. The van der Waals surface area contributed by atoms with E-state index in [1.54, 1.807) is 6.20 Å². The molecule has 1 atom stereocenters. The van der Waals surface area contributed by atoms with Crippen molar-refractivity contribution in [2.24, 2.45) is 0 Å². The van der Waals surface area contributed by atoms with Crippen LogP contribution in [0.4, 0.5) is 0 Å². The van der Waals surface area contributed by atoms with Crippen LogP contribution in [0.3, 0.4) is 0 Å². The smallest absolute Gasteiger partial charge is 0.272 e. The molecular formula is C17H21N5O. The maximum absolute atomic E-state index is 12.3. The van der Waals surface area contributed by atoms with Gasteiger partial charge in [0.25, 0.3) is 5.91 Å². The second-order valence-electron chi connectivity index (χ2n) is 6.47. The molecule has 0 radical (unpaired) electrons. The van der Waals surface area contributed by atoms with E-state index in [4.69, 9.17) is 5.10 Å². The number of aryl methyl sites for hydroxylation is 1. The zero-order valence-corrected chi connectivity index (χ0v) is 13.1. The fraction of sp³-hybridized carbons (Fsp3) is 0.529. The van der Waals surface area contributed by atoms with E-state index in [-0.39, 0.29) is 11.9 Å². The second-order valence-corrected chi connectivity index (χ2v) is 6.47. The summed E-state index contributed by atoms with van der Waals surface area (Å²) in [5.41, 5.74) is 2.68. The molecule has 0 aliphatic heterocycles. The van der Waals surface area contributed by atoms with Crippen molar-refractivity contribution in [2.45, 2.75) is 57.0 Å². The van der Waals surface area contributed by atoms with E-state index in [2.05, 4.69) is 26.2 Å². The van der Waals surface area contributed by atoms with E-state index in [0.29, 0.717) is 11.7 Å². The van der Waals surface area contributed by atoms with Crippen LogP contribution in [0.25, 0.3) is 0 Å². The van der Waals surface area contributed by atoms with Crippen LogP contribution in [0.2, 0.25) is 0 Å². The summed E-state index contributed by atoms with van der Waals surface area (Å²) in [6.45, 7) is 0. The third-order valence-electron chi connectivity index (χ3n) is 4.91. The molecule has 2 aliphatic carbocycles. The predicted molar refractivity (Wildman–Crippen MR) is 84.9 cm³/mol. The molecule has 1 saturated carbocycles. The van der Waals surface area contributed by atoms with Crippen LogP contribution in [-0.4, -0.2) is 25.7 Å². The lowest BCUT2D eigenvalue weighted by molar-refractivity contribution is 0.0926. The lowest BCUT2D eigenvalue weighted by atomic mass is 9.93. The zero-order valence-electron chi connectivity index (χ0n) is 13.1. The van der Waals surface area contributed by atoms with Gasteiger partial charge < -0.3 is 5.32 Å². The van der Waals surface area contributed by atoms with Crippen molar-refractivity contribution in [3.05, 3.63) is 41.7 Å². The fourth-order valence-corrected chi connectivity index (χ4v) is 3.71. The van der Waals surface area contributed by atoms with Gasteiger partial charge >= 0.3 is 0 Å². The normalized spacial score (nSPS) is 21.1. The molecule has 2 aliphatic rings. The van der Waals surface area contributed by atoms with Crippen molar-refractivity contribution >= 4 is 5.91 Å². The average molecular weight is 311 g/mol. The molecule has 0 aromatic carbocycles. The molecule has 1 unspecified atom stereocenters. The fourth-order valence-electron chi connectivity index (χ4n) is 3.71. The van der Waals surface area contributed by atoms with E-state index in [1.807, 2.05) is 0 Å². The lowest BCUT2D eigenvalue weighted by Gasteiger charge is -2.22. The molecule has 0 saturated heterocycles. The van der Waals surface area contributed by atoms with Crippen molar-refractivity contribution in [1.29, 1.82) is 0 Å². The van der Waals surface area contributed by atoms with Crippen molar-refractivity contribution in [1.82, 2.24) is 25.1 Å². The third kappa shape index (κ3) is 2.85. The molecule has 1 amide bonds. The highest BCUT2D eigenvalue weighted by molar-refractivity contribution is 5.92. The molecule has 23 heavy (non-hydrogen) atoms. The van der Waals surface area contributed by atoms with E-state index in [0.717, 1.165) is 25.0 Å². The van der Waals surface area contributed by atoms with Gasteiger partial charge in [0.05, 0.1) is 24.0 Å². The number of carbonyl (C=O) groups excluding carboxylic acids is 1. The van der Waals surface area contributed by atoms with Crippen LogP contribution in [0.1, 0.15) is 72.4 Å². The molecule has 6 heteroatoms. The summed E-state index contributed by atoms with van der Waals surface area (Å²) in [5.74, 6) is -0.175. The maximum Gasteiger partial charge on any atom is 0.272 e. The molecule has 6 nitrogen and oxygen atoms in total. The molecule has 2 aromatic heterocycles. The Morgan fingerprint density at radius 3 is 2.83 bits per heavy atom. The van der Waals surface area contributed by atoms with E-state index in [1.165, 1.54) is 43.6 Å². The summed E-state index contributed by atoms with van der Waals surface area (Å²) >= 11 is 0. The number of hydrogen-bond acceptors (Lipinski definition) is 4. The van der Waals surface area contributed by atoms with Crippen molar-refractivity contribution in [3.8, 4) is 0 Å². The number of hydrogen-bond donors (Lipinski definition) is 1. The molecule has 1 fully saturated rings. The lowest BCUT2D eigenvalue weighted by Crippen LogP contribution is -2.31. The Morgan fingerprint density at radius 1 is 1.17 bits per heavy atom. The van der Waals surface area contributed by atoms with Gasteiger partial charge in [-0.1, -0.05) is 12.8 Å². The number of amides is 1.